The fourth-order valence-corrected chi connectivity index (χ4v) is 1.03. The minimum Gasteiger partial charge on any atom is -0.490 e. The summed E-state index contributed by atoms with van der Waals surface area (Å²) in [6.45, 7) is 4.12. The van der Waals surface area contributed by atoms with Gasteiger partial charge in [0.2, 0.25) is 0 Å². The third-order valence-corrected chi connectivity index (χ3v) is 1.54. The van der Waals surface area contributed by atoms with E-state index < -0.39 is 11.9 Å². The van der Waals surface area contributed by atoms with Crippen LogP contribution in [-0.2, 0) is 23.8 Å². The molecule has 0 aromatic heterocycles. The van der Waals surface area contributed by atoms with Crippen LogP contribution in [0, 0.1) is 0 Å². The number of hydrogen-bond acceptors (Lipinski definition) is 5. The topological polar surface area (TPSA) is 61.8 Å². The van der Waals surface area contributed by atoms with Crippen LogP contribution in [0.4, 0.5) is 0 Å². The first kappa shape index (κ1) is 11.3. The van der Waals surface area contributed by atoms with Gasteiger partial charge in [-0.3, -0.25) is 0 Å². The van der Waals surface area contributed by atoms with Crippen LogP contribution >= 0.6 is 0 Å². The van der Waals surface area contributed by atoms with Gasteiger partial charge in [0.05, 0.1) is 25.4 Å². The molecule has 1 heterocycles. The van der Waals surface area contributed by atoms with Gasteiger partial charge in [0, 0.05) is 0 Å². The van der Waals surface area contributed by atoms with Gasteiger partial charge in [-0.15, -0.1) is 0 Å². The summed E-state index contributed by atoms with van der Waals surface area (Å²) in [5.41, 5.74) is 0. The first-order valence-electron chi connectivity index (χ1n) is 4.62. The summed E-state index contributed by atoms with van der Waals surface area (Å²) < 4.78 is 14.5. The largest absolute Gasteiger partial charge is 0.490 e. The van der Waals surface area contributed by atoms with E-state index in [1.807, 2.05) is 0 Å². The lowest BCUT2D eigenvalue weighted by atomic mass is 10.4. The molecule has 0 aromatic carbocycles. The van der Waals surface area contributed by atoms with Crippen molar-refractivity contribution >= 4 is 11.9 Å². The number of hydrogen-bond donors (Lipinski definition) is 0. The third kappa shape index (κ3) is 3.12. The number of cyclic esters (lactones) is 1. The monoisotopic (exact) mass is 212 g/mol. The van der Waals surface area contributed by atoms with Crippen molar-refractivity contribution < 1.29 is 23.8 Å². The van der Waals surface area contributed by atoms with Gasteiger partial charge in [-0.25, -0.2) is 9.59 Å². The smallest absolute Gasteiger partial charge is 0.340 e. The van der Waals surface area contributed by atoms with Crippen LogP contribution in [0.15, 0.2) is 23.7 Å². The van der Waals surface area contributed by atoms with Crippen LogP contribution in [0.2, 0.25) is 0 Å². The Kier molecular flexibility index (Phi) is 3.91. The molecule has 1 aliphatic heterocycles. The molecule has 0 atom stereocenters. The molecule has 0 aromatic rings. The van der Waals surface area contributed by atoms with Gasteiger partial charge in [-0.1, -0.05) is 0 Å². The highest BCUT2D eigenvalue weighted by Gasteiger charge is 2.22. The van der Waals surface area contributed by atoms with Gasteiger partial charge in [-0.2, -0.15) is 0 Å². The second kappa shape index (κ2) is 5.19. The summed E-state index contributed by atoms with van der Waals surface area (Å²) in [5.74, 6) is -0.752. The highest BCUT2D eigenvalue weighted by atomic mass is 16.6. The first-order valence-corrected chi connectivity index (χ1v) is 4.62. The van der Waals surface area contributed by atoms with Gasteiger partial charge in [0.25, 0.3) is 0 Å². The minimum atomic E-state index is -0.562. The predicted molar refractivity (Wildman–Crippen MR) is 50.5 cm³/mol. The molecular formula is C10H12O5. The quantitative estimate of drug-likeness (QED) is 0.512. The lowest BCUT2D eigenvalue weighted by Crippen LogP contribution is -2.03. The summed E-state index contributed by atoms with van der Waals surface area (Å²) >= 11 is 0. The number of carbonyl (C=O) groups is 2. The summed E-state index contributed by atoms with van der Waals surface area (Å²) in [4.78, 5) is 22.0. The summed E-state index contributed by atoms with van der Waals surface area (Å²) in [7, 11) is 0. The fourth-order valence-electron chi connectivity index (χ4n) is 1.03. The van der Waals surface area contributed by atoms with Crippen LogP contribution in [0.1, 0.15) is 13.8 Å². The lowest BCUT2D eigenvalue weighted by molar-refractivity contribution is -0.137. The van der Waals surface area contributed by atoms with E-state index in [0.717, 1.165) is 6.08 Å². The van der Waals surface area contributed by atoms with Crippen molar-refractivity contribution in [3.8, 4) is 0 Å². The summed E-state index contributed by atoms with van der Waals surface area (Å²) in [5, 5.41) is 0. The molecule has 5 heteroatoms. The maximum absolute atomic E-state index is 11.1. The molecule has 15 heavy (non-hydrogen) atoms. The molecule has 0 bridgehead atoms. The molecule has 1 aliphatic rings. The van der Waals surface area contributed by atoms with E-state index in [1.165, 1.54) is 6.08 Å². The Bertz CT molecular complexity index is 327. The molecule has 0 unspecified atom stereocenters. The van der Waals surface area contributed by atoms with Crippen molar-refractivity contribution in [3.63, 3.8) is 0 Å². The Morgan fingerprint density at radius 3 is 2.80 bits per heavy atom. The van der Waals surface area contributed by atoms with Crippen LogP contribution in [0.5, 0.6) is 0 Å². The van der Waals surface area contributed by atoms with Crippen LogP contribution in [0.25, 0.3) is 0 Å². The maximum Gasteiger partial charge on any atom is 0.340 e. The van der Waals surface area contributed by atoms with Gasteiger partial charge >= 0.3 is 11.9 Å². The SMILES string of the molecule is CCOC(=O)/C=C1\OC(=O)C=C1OCC. The normalized spacial score (nSPS) is 17.3. The van der Waals surface area contributed by atoms with Crippen LogP contribution in [-0.4, -0.2) is 25.2 Å². The van der Waals surface area contributed by atoms with E-state index >= 15 is 0 Å². The second-order valence-corrected chi connectivity index (χ2v) is 2.62. The number of rotatable bonds is 4. The molecule has 0 fully saturated rings. The molecule has 0 amide bonds. The highest BCUT2D eigenvalue weighted by molar-refractivity contribution is 5.91. The number of ether oxygens (including phenoxy) is 3. The third-order valence-electron chi connectivity index (χ3n) is 1.54. The molecule has 0 spiro atoms. The molecule has 0 saturated heterocycles. The minimum absolute atomic E-state index is 0.0975. The number of carbonyl (C=O) groups excluding carboxylic acids is 2. The van der Waals surface area contributed by atoms with E-state index in [0.29, 0.717) is 6.61 Å². The first-order chi connectivity index (χ1) is 7.17. The molecule has 0 N–H and O–H groups in total. The van der Waals surface area contributed by atoms with Gasteiger partial charge in [-0.05, 0) is 13.8 Å². The number of esters is 2. The van der Waals surface area contributed by atoms with E-state index in [-0.39, 0.29) is 18.1 Å². The van der Waals surface area contributed by atoms with Crippen LogP contribution < -0.4 is 0 Å². The summed E-state index contributed by atoms with van der Waals surface area (Å²) in [6.07, 6.45) is 2.28. The van der Waals surface area contributed by atoms with Crippen molar-refractivity contribution in [1.82, 2.24) is 0 Å². The van der Waals surface area contributed by atoms with E-state index in [2.05, 4.69) is 4.74 Å². The fraction of sp³-hybridized carbons (Fsp3) is 0.400. The summed E-state index contributed by atoms with van der Waals surface area (Å²) in [6, 6.07) is 0. The van der Waals surface area contributed by atoms with Crippen molar-refractivity contribution in [2.24, 2.45) is 0 Å². The molecule has 0 aliphatic carbocycles. The van der Waals surface area contributed by atoms with Crippen molar-refractivity contribution in [3.05, 3.63) is 23.7 Å². The Morgan fingerprint density at radius 2 is 2.20 bits per heavy atom. The molecular weight excluding hydrogens is 200 g/mol. The molecule has 1 rings (SSSR count). The Balaban J connectivity index is 2.73. The molecule has 5 nitrogen and oxygen atoms in total. The second-order valence-electron chi connectivity index (χ2n) is 2.62. The molecule has 82 valence electrons. The Labute approximate surface area is 87.3 Å². The Morgan fingerprint density at radius 1 is 1.47 bits per heavy atom. The zero-order chi connectivity index (χ0) is 11.3. The van der Waals surface area contributed by atoms with Crippen LogP contribution in [0.3, 0.4) is 0 Å². The Hall–Kier alpha value is -1.78. The predicted octanol–water partition coefficient (Wildman–Crippen LogP) is 0.911. The van der Waals surface area contributed by atoms with E-state index in [4.69, 9.17) is 9.47 Å². The zero-order valence-electron chi connectivity index (χ0n) is 8.61. The maximum atomic E-state index is 11.1. The van der Waals surface area contributed by atoms with E-state index in [9.17, 15) is 9.59 Å². The zero-order valence-corrected chi connectivity index (χ0v) is 8.61. The van der Waals surface area contributed by atoms with Crippen molar-refractivity contribution in [2.75, 3.05) is 13.2 Å². The van der Waals surface area contributed by atoms with Gasteiger partial charge in [0.15, 0.2) is 11.5 Å². The van der Waals surface area contributed by atoms with Gasteiger partial charge in [0.1, 0.15) is 0 Å². The standard InChI is InChI=1S/C10H12O5/c1-3-13-7-5-10(12)15-8(7)6-9(11)14-4-2/h5-6H,3-4H2,1-2H3/b8-6-. The van der Waals surface area contributed by atoms with Gasteiger partial charge < -0.3 is 14.2 Å². The average molecular weight is 212 g/mol. The molecule has 0 radical (unpaired) electrons. The van der Waals surface area contributed by atoms with Crippen molar-refractivity contribution in [2.45, 2.75) is 13.8 Å². The highest BCUT2D eigenvalue weighted by Crippen LogP contribution is 2.20. The average Bonchev–Trinajstić information content (AvgIpc) is 2.47. The van der Waals surface area contributed by atoms with E-state index in [1.54, 1.807) is 13.8 Å². The lowest BCUT2D eigenvalue weighted by Gasteiger charge is -2.04. The molecule has 0 saturated carbocycles. The van der Waals surface area contributed by atoms with Crippen molar-refractivity contribution in [1.29, 1.82) is 0 Å².